The maximum atomic E-state index is 12.2. The van der Waals surface area contributed by atoms with E-state index in [0.717, 1.165) is 18.9 Å². The van der Waals surface area contributed by atoms with Gasteiger partial charge < -0.3 is 15.7 Å². The molecule has 5 heteroatoms. The van der Waals surface area contributed by atoms with Gasteiger partial charge in [-0.25, -0.2) is 4.79 Å². The van der Waals surface area contributed by atoms with Gasteiger partial charge in [-0.2, -0.15) is 0 Å². The second-order valence-electron chi connectivity index (χ2n) is 4.46. The minimum absolute atomic E-state index is 0.0327. The lowest BCUT2D eigenvalue weighted by Crippen LogP contribution is -2.55. The highest BCUT2D eigenvalue weighted by molar-refractivity contribution is 5.97. The van der Waals surface area contributed by atoms with Crippen molar-refractivity contribution in [2.24, 2.45) is 5.73 Å². The molecule has 0 bridgehead atoms. The summed E-state index contributed by atoms with van der Waals surface area (Å²) in [6, 6.07) is 0.0984. The van der Waals surface area contributed by atoms with Gasteiger partial charge in [0.25, 0.3) is 5.91 Å². The van der Waals surface area contributed by atoms with Crippen LogP contribution in [0.15, 0.2) is 23.8 Å². The number of hydrogen-bond acceptors (Lipinski definition) is 3. The predicted octanol–water partition coefficient (Wildman–Crippen LogP) is 0.912. The van der Waals surface area contributed by atoms with Crippen LogP contribution in [-0.4, -0.2) is 41.0 Å². The third kappa shape index (κ3) is 3.43. The van der Waals surface area contributed by atoms with E-state index in [1.54, 1.807) is 18.0 Å². The largest absolute Gasteiger partial charge is 0.478 e. The summed E-state index contributed by atoms with van der Waals surface area (Å²) in [5.41, 5.74) is 6.24. The minimum atomic E-state index is -1.06. The number of carboxylic acid groups (broad SMARTS) is 1. The average molecular weight is 252 g/mol. The van der Waals surface area contributed by atoms with Crippen molar-refractivity contribution in [3.05, 3.63) is 23.8 Å². The van der Waals surface area contributed by atoms with Crippen molar-refractivity contribution in [2.45, 2.75) is 38.3 Å². The minimum Gasteiger partial charge on any atom is -0.478 e. The number of likely N-dealkylation sites (N-methyl/N-ethyl adjacent to an activating group) is 1. The Morgan fingerprint density at radius 3 is 2.44 bits per heavy atom. The van der Waals surface area contributed by atoms with E-state index >= 15 is 0 Å². The summed E-state index contributed by atoms with van der Waals surface area (Å²) in [7, 11) is 1.71. The van der Waals surface area contributed by atoms with Crippen LogP contribution in [0.1, 0.15) is 26.2 Å². The average Bonchev–Trinajstić information content (AvgIpc) is 2.31. The van der Waals surface area contributed by atoms with E-state index in [9.17, 15) is 9.59 Å². The van der Waals surface area contributed by atoms with Gasteiger partial charge in [0, 0.05) is 30.8 Å². The quantitative estimate of drug-likeness (QED) is 0.562. The summed E-state index contributed by atoms with van der Waals surface area (Å²) in [6.45, 7) is 1.90. The van der Waals surface area contributed by atoms with E-state index in [1.807, 2.05) is 6.92 Å². The molecule has 1 saturated carbocycles. The van der Waals surface area contributed by atoms with Crippen molar-refractivity contribution in [3.63, 3.8) is 0 Å². The third-order valence-corrected chi connectivity index (χ3v) is 3.18. The zero-order valence-electron chi connectivity index (χ0n) is 10.8. The lowest BCUT2D eigenvalue weighted by molar-refractivity contribution is -0.131. The number of nitrogens with zero attached hydrogens (tertiary/aromatic N) is 1. The fourth-order valence-corrected chi connectivity index (χ4v) is 1.95. The number of amides is 1. The number of carbonyl (C=O) groups excluding carboxylic acids is 1. The molecule has 1 unspecified atom stereocenters. The van der Waals surface area contributed by atoms with Crippen LogP contribution in [0.3, 0.4) is 0 Å². The molecular formula is C13H20N2O3. The fourth-order valence-electron chi connectivity index (χ4n) is 1.95. The molecule has 0 aromatic rings. The lowest BCUT2D eigenvalue weighted by Gasteiger charge is -2.40. The van der Waals surface area contributed by atoms with E-state index in [4.69, 9.17) is 10.8 Å². The number of nitrogens with two attached hydrogens (primary N) is 1. The van der Waals surface area contributed by atoms with Gasteiger partial charge in [0.2, 0.25) is 0 Å². The Hall–Kier alpha value is -1.62. The molecule has 0 spiro atoms. The van der Waals surface area contributed by atoms with E-state index in [0.29, 0.717) is 12.0 Å². The Balaban J connectivity index is 2.76. The molecule has 0 saturated heterocycles. The van der Waals surface area contributed by atoms with Crippen LogP contribution in [-0.2, 0) is 9.59 Å². The van der Waals surface area contributed by atoms with Crippen LogP contribution >= 0.6 is 0 Å². The zero-order valence-corrected chi connectivity index (χ0v) is 10.8. The molecule has 18 heavy (non-hydrogen) atoms. The summed E-state index contributed by atoms with van der Waals surface area (Å²) in [5.74, 6) is -1.23. The first-order chi connectivity index (χ1) is 8.47. The Kier molecular flexibility index (Phi) is 5.09. The van der Waals surface area contributed by atoms with E-state index in [1.165, 1.54) is 6.08 Å². The van der Waals surface area contributed by atoms with E-state index in [-0.39, 0.29) is 18.0 Å². The Labute approximate surface area is 107 Å². The highest BCUT2D eigenvalue weighted by Gasteiger charge is 2.33. The molecule has 1 fully saturated rings. The second-order valence-corrected chi connectivity index (χ2v) is 4.46. The number of carboxylic acids is 1. The van der Waals surface area contributed by atoms with Crippen LogP contribution in [0, 0.1) is 0 Å². The maximum absolute atomic E-state index is 12.2. The van der Waals surface area contributed by atoms with Gasteiger partial charge in [0.15, 0.2) is 0 Å². The van der Waals surface area contributed by atoms with Gasteiger partial charge in [0.05, 0.1) is 0 Å². The number of aliphatic carboxylic acids is 1. The van der Waals surface area contributed by atoms with Crippen molar-refractivity contribution in [2.75, 3.05) is 7.05 Å². The topological polar surface area (TPSA) is 83.6 Å². The number of allylic oxidation sites excluding steroid dienone is 1. The molecule has 0 aromatic carbocycles. The van der Waals surface area contributed by atoms with Crippen LogP contribution < -0.4 is 5.73 Å². The maximum Gasteiger partial charge on any atom is 0.328 e. The van der Waals surface area contributed by atoms with Gasteiger partial charge in [0.1, 0.15) is 0 Å². The van der Waals surface area contributed by atoms with Crippen molar-refractivity contribution >= 4 is 11.9 Å². The molecule has 0 heterocycles. The van der Waals surface area contributed by atoms with Crippen molar-refractivity contribution in [1.82, 2.24) is 4.90 Å². The molecular weight excluding hydrogens is 232 g/mol. The first-order valence-electron chi connectivity index (χ1n) is 6.11. The van der Waals surface area contributed by atoms with Crippen molar-refractivity contribution in [1.29, 1.82) is 0 Å². The summed E-state index contributed by atoms with van der Waals surface area (Å²) in [5, 5.41) is 8.60. The van der Waals surface area contributed by atoms with Crippen LogP contribution in [0.4, 0.5) is 0 Å². The molecule has 0 aliphatic heterocycles. The van der Waals surface area contributed by atoms with Gasteiger partial charge in [-0.05, 0) is 25.3 Å². The Morgan fingerprint density at radius 2 is 2.06 bits per heavy atom. The molecule has 0 radical (unpaired) electrons. The van der Waals surface area contributed by atoms with Gasteiger partial charge in [-0.1, -0.05) is 13.0 Å². The van der Waals surface area contributed by atoms with Crippen LogP contribution in [0.25, 0.3) is 0 Å². The van der Waals surface area contributed by atoms with E-state index in [2.05, 4.69) is 0 Å². The normalized spacial score (nSPS) is 23.8. The fraction of sp³-hybridized carbons (Fsp3) is 0.538. The lowest BCUT2D eigenvalue weighted by atomic mass is 9.86. The van der Waals surface area contributed by atoms with E-state index < -0.39 is 5.97 Å². The molecule has 3 N–H and O–H groups in total. The molecule has 1 rings (SSSR count). The summed E-state index contributed by atoms with van der Waals surface area (Å²) < 4.78 is 0. The number of rotatable bonds is 5. The van der Waals surface area contributed by atoms with Gasteiger partial charge in [-0.15, -0.1) is 0 Å². The van der Waals surface area contributed by atoms with Gasteiger partial charge >= 0.3 is 5.97 Å². The highest BCUT2D eigenvalue weighted by atomic mass is 16.4. The third-order valence-electron chi connectivity index (χ3n) is 3.18. The van der Waals surface area contributed by atoms with Crippen molar-refractivity contribution in [3.8, 4) is 0 Å². The predicted molar refractivity (Wildman–Crippen MR) is 68.9 cm³/mol. The molecule has 0 aromatic heterocycles. The zero-order chi connectivity index (χ0) is 13.7. The Bertz CT molecular complexity index is 388. The van der Waals surface area contributed by atoms with Crippen LogP contribution in [0.2, 0.25) is 0 Å². The standard InChI is InChI=1S/C13H20N2O3/c1-3-4-9(5-8-12(16)17)13(18)15(2)11-7-6-10(11)14/h4-5,8,10-11H,3,6-7,14H2,1-2H3,(H,16,17)/b8-5+,9-4-/t10-,11?/m1/s1. The molecule has 5 nitrogen and oxygen atoms in total. The SMILES string of the molecule is CC/C=C(/C=C/C(=O)O)C(=O)N(C)C1CC[C@H]1N. The molecule has 1 aliphatic carbocycles. The molecule has 1 aliphatic rings. The molecule has 2 atom stereocenters. The van der Waals surface area contributed by atoms with Crippen LogP contribution in [0.5, 0.6) is 0 Å². The summed E-state index contributed by atoms with van der Waals surface area (Å²) in [6.07, 6.45) is 6.56. The molecule has 1 amide bonds. The van der Waals surface area contributed by atoms with Gasteiger partial charge in [-0.3, -0.25) is 4.79 Å². The first kappa shape index (κ1) is 14.4. The first-order valence-corrected chi connectivity index (χ1v) is 6.11. The highest BCUT2D eigenvalue weighted by Crippen LogP contribution is 2.24. The number of carbonyl (C=O) groups is 2. The van der Waals surface area contributed by atoms with Crippen molar-refractivity contribution < 1.29 is 14.7 Å². The summed E-state index contributed by atoms with van der Waals surface area (Å²) >= 11 is 0. The Morgan fingerprint density at radius 1 is 1.39 bits per heavy atom. The summed E-state index contributed by atoms with van der Waals surface area (Å²) in [4.78, 5) is 24.3. The number of hydrogen-bond donors (Lipinski definition) is 2. The monoisotopic (exact) mass is 252 g/mol. The second kappa shape index (κ2) is 6.35. The molecule has 100 valence electrons. The smallest absolute Gasteiger partial charge is 0.328 e.